The van der Waals surface area contributed by atoms with E-state index in [2.05, 4.69) is 255 Å². The maximum absolute atomic E-state index is 4.76. The van der Waals surface area contributed by atoms with Crippen molar-refractivity contribution in [2.24, 2.45) is 0 Å². The Hall–Kier alpha value is -9.06. The molecule has 0 saturated carbocycles. The molecule has 16 rings (SSSR count). The number of hydrogen-bond donors (Lipinski definition) is 0. The molecule has 8 aromatic heterocycles. The fraction of sp³-hybridized carbons (Fsp3) is 0.105. The van der Waals surface area contributed by atoms with Gasteiger partial charge in [-0.3, -0.25) is 10.2 Å². The first-order valence-electron chi connectivity index (χ1n) is 28.4. The summed E-state index contributed by atoms with van der Waals surface area (Å²) in [5, 5.41) is 22.9. The molecule has 86 heavy (non-hydrogen) atoms. The summed E-state index contributed by atoms with van der Waals surface area (Å²) in [4.78, 5) is 9.53. The maximum atomic E-state index is 4.76. The molecule has 8 aromatic carbocycles. The fourth-order valence-corrected chi connectivity index (χ4v) is 11.1. The fourth-order valence-electron chi connectivity index (χ4n) is 11.1. The van der Waals surface area contributed by atoms with E-state index < -0.39 is 0 Å². The zero-order chi connectivity index (χ0) is 57.4. The predicted molar refractivity (Wildman–Crippen MR) is 349 cm³/mol. The Morgan fingerprint density at radius 3 is 1.06 bits per heavy atom. The van der Waals surface area contributed by atoms with Crippen LogP contribution in [0.25, 0.3) is 120 Å². The molecule has 10 heteroatoms. The Balaban J connectivity index is 0.000000123. The minimum absolute atomic E-state index is 0. The molecule has 0 saturated heterocycles. The summed E-state index contributed by atoms with van der Waals surface area (Å²) in [5.41, 5.74) is 10.8. The van der Waals surface area contributed by atoms with Crippen LogP contribution in [-0.4, -0.2) is 38.3 Å². The van der Waals surface area contributed by atoms with Crippen LogP contribution in [0.3, 0.4) is 0 Å². The molecule has 8 heterocycles. The monoisotopic (exact) mass is 1470 g/mol. The normalized spacial score (nSPS) is 11.4. The molecule has 0 unspecified atom stereocenters. The summed E-state index contributed by atoms with van der Waals surface area (Å²) < 4.78 is 8.41. The van der Waals surface area contributed by atoms with Crippen molar-refractivity contribution >= 4 is 98.0 Å². The van der Waals surface area contributed by atoms with E-state index in [0.29, 0.717) is 0 Å². The third-order valence-electron chi connectivity index (χ3n) is 15.3. The number of benzene rings is 8. The molecule has 0 aliphatic heterocycles. The van der Waals surface area contributed by atoms with Gasteiger partial charge in [-0.05, 0) is 111 Å². The van der Waals surface area contributed by atoms with E-state index in [0.717, 1.165) is 55.4 Å². The second kappa shape index (κ2) is 24.9. The first-order valence-corrected chi connectivity index (χ1v) is 28.4. The van der Waals surface area contributed by atoms with Gasteiger partial charge in [0.05, 0.1) is 0 Å². The average molecular weight is 1480 g/mol. The van der Waals surface area contributed by atoms with Gasteiger partial charge in [0.1, 0.15) is 11.3 Å². The summed E-state index contributed by atoms with van der Waals surface area (Å²) in [5.74, 6) is 0. The molecule has 0 aliphatic rings. The third-order valence-corrected chi connectivity index (χ3v) is 15.3. The minimum Gasteiger partial charge on any atom is -0.332 e. The quantitative estimate of drug-likeness (QED) is 0.162. The van der Waals surface area contributed by atoms with E-state index in [9.17, 15) is 0 Å². The van der Waals surface area contributed by atoms with Crippen molar-refractivity contribution in [3.63, 3.8) is 0 Å². The van der Waals surface area contributed by atoms with E-state index in [1.165, 1.54) is 64.9 Å². The van der Waals surface area contributed by atoms with Crippen LogP contribution < -0.4 is 0 Å². The van der Waals surface area contributed by atoms with Gasteiger partial charge in [0.15, 0.2) is 0 Å². The second-order valence-corrected chi connectivity index (χ2v) is 22.9. The van der Waals surface area contributed by atoms with E-state index in [4.69, 9.17) is 9.97 Å². The maximum Gasteiger partial charge on any atom is 2.00 e. The summed E-state index contributed by atoms with van der Waals surface area (Å²) in [6.07, 6.45) is 13.9. The Kier molecular flexibility index (Phi) is 17.0. The van der Waals surface area contributed by atoms with Crippen LogP contribution >= 0.6 is 0 Å². The van der Waals surface area contributed by atoms with E-state index in [1.807, 2.05) is 94.8 Å². The molecule has 0 amide bonds. The van der Waals surface area contributed by atoms with Crippen molar-refractivity contribution in [3.05, 3.63) is 280 Å². The molecule has 0 fully saturated rings. The molecule has 0 N–H and O–H groups in total. The first-order chi connectivity index (χ1) is 41.0. The summed E-state index contributed by atoms with van der Waals surface area (Å²) in [7, 11) is 0. The van der Waals surface area contributed by atoms with Crippen LogP contribution in [0.1, 0.15) is 41.5 Å². The van der Waals surface area contributed by atoms with Gasteiger partial charge in [-0.15, -0.1) is 57.3 Å². The SMILES string of the molecule is CC(C)(C)n1cc(-c2ccccc2)[c-]n1.CC(C)(C)n1cc(-c2ccccc2)[c-]n1.[Pt+2].[Pt+2].[c-]1cccc2c3cccc4c5ccccc5ccc5cccnc5n(c12)c43.[c-]1cccc2c3cccc4c5ccccc5ccc5cccnc5n(c12)c43. The smallest absolute Gasteiger partial charge is 0.332 e. The van der Waals surface area contributed by atoms with E-state index >= 15 is 0 Å². The van der Waals surface area contributed by atoms with Crippen molar-refractivity contribution in [2.45, 2.75) is 52.6 Å². The van der Waals surface area contributed by atoms with Gasteiger partial charge >= 0.3 is 42.1 Å². The molecule has 0 spiro atoms. The van der Waals surface area contributed by atoms with Crippen LogP contribution in [0.4, 0.5) is 0 Å². The minimum atomic E-state index is 0. The van der Waals surface area contributed by atoms with Crippen LogP contribution in [0.15, 0.2) is 255 Å². The van der Waals surface area contributed by atoms with Crippen molar-refractivity contribution in [1.82, 2.24) is 38.3 Å². The first kappa shape index (κ1) is 58.7. The Morgan fingerprint density at radius 2 is 0.663 bits per heavy atom. The number of aromatic nitrogens is 8. The predicted octanol–water partition coefficient (Wildman–Crippen LogP) is 18.8. The van der Waals surface area contributed by atoms with E-state index in [-0.39, 0.29) is 53.2 Å². The van der Waals surface area contributed by atoms with Gasteiger partial charge in [0.25, 0.3) is 0 Å². The molecule has 424 valence electrons. The van der Waals surface area contributed by atoms with Gasteiger partial charge in [0, 0.05) is 56.0 Å². The van der Waals surface area contributed by atoms with Crippen LogP contribution in [0.5, 0.6) is 0 Å². The van der Waals surface area contributed by atoms with E-state index in [1.54, 1.807) is 0 Å². The summed E-state index contributed by atoms with van der Waals surface area (Å²) >= 11 is 0. The number of rotatable bonds is 2. The Bertz CT molecular complexity index is 4800. The molecular weight excluding hydrogens is 1420 g/mol. The molecule has 0 aliphatic carbocycles. The second-order valence-electron chi connectivity index (χ2n) is 22.9. The van der Waals surface area contributed by atoms with Gasteiger partial charge < -0.3 is 18.2 Å². The van der Waals surface area contributed by atoms with Gasteiger partial charge in [0.2, 0.25) is 0 Å². The molecule has 0 atom stereocenters. The summed E-state index contributed by atoms with van der Waals surface area (Å²) in [6, 6.07) is 86.9. The van der Waals surface area contributed by atoms with Crippen molar-refractivity contribution in [2.75, 3.05) is 0 Å². The zero-order valence-corrected chi connectivity index (χ0v) is 53.0. The molecule has 8 nitrogen and oxygen atoms in total. The van der Waals surface area contributed by atoms with Crippen LogP contribution in [0.2, 0.25) is 0 Å². The third kappa shape index (κ3) is 11.5. The average Bonchev–Trinajstić information content (AvgIpc) is 1.65. The topological polar surface area (TPSA) is 70.2 Å². The number of fused-ring (bicyclic) bond motifs is 14. The Labute approximate surface area is 529 Å². The molecule has 0 radical (unpaired) electrons. The van der Waals surface area contributed by atoms with Crippen LogP contribution in [0, 0.1) is 24.5 Å². The molecule has 0 bridgehead atoms. The largest absolute Gasteiger partial charge is 2.00 e. The van der Waals surface area contributed by atoms with Crippen molar-refractivity contribution < 1.29 is 42.1 Å². The van der Waals surface area contributed by atoms with Crippen molar-refractivity contribution in [3.8, 4) is 22.3 Å². The van der Waals surface area contributed by atoms with Gasteiger partial charge in [-0.1, -0.05) is 169 Å². The standard InChI is InChI=1S/2C25H15N2.2C13H15N2.2Pt/c2*1-2-9-19-17(7-1)14-15-18-8-6-16-26-25(18)27-23-13-4-3-10-20(23)22-12-5-11-21(19)24(22)27;2*1-13(2,3)15-10-12(9-14-15)11-7-5-4-6-8-11;;/h2*1-12,14-16H;2*4-8,10H,1-3H3;;/q4*-1;2*+2. The van der Waals surface area contributed by atoms with Gasteiger partial charge in [-0.25, -0.2) is 9.97 Å². The zero-order valence-electron chi connectivity index (χ0n) is 48.5. The van der Waals surface area contributed by atoms with Crippen molar-refractivity contribution in [1.29, 1.82) is 0 Å². The van der Waals surface area contributed by atoms with Crippen LogP contribution in [-0.2, 0) is 53.2 Å². The molecular formula is C76H60N8Pt2. The van der Waals surface area contributed by atoms with Gasteiger partial charge in [-0.2, -0.15) is 48.5 Å². The Morgan fingerprint density at radius 1 is 0.326 bits per heavy atom. The summed E-state index contributed by atoms with van der Waals surface area (Å²) in [6.45, 7) is 12.8. The molecule has 16 aromatic rings. The number of nitrogens with zero attached hydrogens (tertiary/aromatic N) is 8. The number of pyridine rings is 2. The number of hydrogen-bond acceptors (Lipinski definition) is 4. The number of para-hydroxylation sites is 4.